The Morgan fingerprint density at radius 2 is 1.89 bits per heavy atom. The maximum atomic E-state index is 6.06. The molecule has 1 unspecified atom stereocenters. The summed E-state index contributed by atoms with van der Waals surface area (Å²) in [6.45, 7) is 1.89. The van der Waals surface area contributed by atoms with E-state index in [-0.39, 0.29) is 6.04 Å². The molecule has 28 heavy (non-hydrogen) atoms. The molecule has 1 aliphatic rings. The SMILES string of the molecule is COc1ccc(CN2CCCC2c2nc(N)ncc2-c2ccc(Cl)cc2)cc1. The summed E-state index contributed by atoms with van der Waals surface area (Å²) in [6.07, 6.45) is 4.00. The minimum Gasteiger partial charge on any atom is -0.497 e. The number of halogens is 1. The van der Waals surface area contributed by atoms with Gasteiger partial charge in [-0.25, -0.2) is 9.97 Å². The number of likely N-dealkylation sites (tertiary alicyclic amines) is 1. The first-order valence-electron chi connectivity index (χ1n) is 9.39. The van der Waals surface area contributed by atoms with Crippen LogP contribution in [0.25, 0.3) is 11.1 Å². The number of nitrogen functional groups attached to an aromatic ring is 1. The Balaban J connectivity index is 1.64. The largest absolute Gasteiger partial charge is 0.497 e. The van der Waals surface area contributed by atoms with Gasteiger partial charge < -0.3 is 10.5 Å². The van der Waals surface area contributed by atoms with E-state index in [1.54, 1.807) is 7.11 Å². The van der Waals surface area contributed by atoms with Crippen LogP contribution in [0.15, 0.2) is 54.7 Å². The zero-order valence-electron chi connectivity index (χ0n) is 15.8. The van der Waals surface area contributed by atoms with Gasteiger partial charge in [0.15, 0.2) is 0 Å². The van der Waals surface area contributed by atoms with E-state index in [9.17, 15) is 0 Å². The molecule has 1 saturated heterocycles. The maximum absolute atomic E-state index is 6.06. The van der Waals surface area contributed by atoms with Crippen molar-refractivity contribution in [1.29, 1.82) is 0 Å². The molecule has 144 valence electrons. The molecule has 1 aliphatic heterocycles. The topological polar surface area (TPSA) is 64.3 Å². The number of benzene rings is 2. The molecule has 0 spiro atoms. The molecule has 0 bridgehead atoms. The number of anilines is 1. The summed E-state index contributed by atoms with van der Waals surface area (Å²) in [5.74, 6) is 1.18. The van der Waals surface area contributed by atoms with Gasteiger partial charge in [-0.1, -0.05) is 35.9 Å². The lowest BCUT2D eigenvalue weighted by Gasteiger charge is -2.26. The molecule has 1 aromatic heterocycles. The third kappa shape index (κ3) is 3.96. The second kappa shape index (κ2) is 8.17. The molecule has 2 N–H and O–H groups in total. The van der Waals surface area contributed by atoms with Gasteiger partial charge in [0.2, 0.25) is 5.95 Å². The summed E-state index contributed by atoms with van der Waals surface area (Å²) in [7, 11) is 1.68. The molecule has 0 radical (unpaired) electrons. The molecule has 6 heteroatoms. The molecule has 0 amide bonds. The number of hydrogen-bond acceptors (Lipinski definition) is 5. The van der Waals surface area contributed by atoms with Crippen LogP contribution < -0.4 is 10.5 Å². The first-order chi connectivity index (χ1) is 13.6. The lowest BCUT2D eigenvalue weighted by Crippen LogP contribution is -2.24. The molecule has 4 rings (SSSR count). The van der Waals surface area contributed by atoms with Gasteiger partial charge in [0.05, 0.1) is 18.8 Å². The van der Waals surface area contributed by atoms with Crippen molar-refractivity contribution >= 4 is 17.5 Å². The second-order valence-corrected chi connectivity index (χ2v) is 7.45. The van der Waals surface area contributed by atoms with Crippen molar-refractivity contribution in [1.82, 2.24) is 14.9 Å². The zero-order chi connectivity index (χ0) is 19.5. The Labute approximate surface area is 170 Å². The highest BCUT2D eigenvalue weighted by Gasteiger charge is 2.29. The number of rotatable bonds is 5. The molecule has 2 heterocycles. The Morgan fingerprint density at radius 3 is 2.61 bits per heavy atom. The number of nitrogens with zero attached hydrogens (tertiary/aromatic N) is 3. The second-order valence-electron chi connectivity index (χ2n) is 7.01. The molecule has 5 nitrogen and oxygen atoms in total. The fourth-order valence-corrected chi connectivity index (χ4v) is 3.93. The van der Waals surface area contributed by atoms with Gasteiger partial charge in [-0.15, -0.1) is 0 Å². The summed E-state index contributed by atoms with van der Waals surface area (Å²) in [6, 6.07) is 16.2. The Kier molecular flexibility index (Phi) is 5.46. The minimum atomic E-state index is 0.207. The number of nitrogens with two attached hydrogens (primary N) is 1. The highest BCUT2D eigenvalue weighted by molar-refractivity contribution is 6.30. The predicted molar refractivity (Wildman–Crippen MR) is 112 cm³/mol. The van der Waals surface area contributed by atoms with Crippen LogP contribution in [-0.4, -0.2) is 28.5 Å². The van der Waals surface area contributed by atoms with Crippen LogP contribution >= 0.6 is 11.6 Å². The van der Waals surface area contributed by atoms with Crippen LogP contribution in [0.2, 0.25) is 5.02 Å². The van der Waals surface area contributed by atoms with E-state index in [0.717, 1.165) is 48.5 Å². The Morgan fingerprint density at radius 1 is 1.14 bits per heavy atom. The van der Waals surface area contributed by atoms with E-state index in [0.29, 0.717) is 11.0 Å². The molecule has 0 saturated carbocycles. The number of methoxy groups -OCH3 is 1. The average Bonchev–Trinajstić information content (AvgIpc) is 3.17. The summed E-state index contributed by atoms with van der Waals surface area (Å²) >= 11 is 6.06. The Bertz CT molecular complexity index is 944. The van der Waals surface area contributed by atoms with Crippen LogP contribution in [0, 0.1) is 0 Å². The van der Waals surface area contributed by atoms with Crippen molar-refractivity contribution in [2.75, 3.05) is 19.4 Å². The minimum absolute atomic E-state index is 0.207. The van der Waals surface area contributed by atoms with E-state index < -0.39 is 0 Å². The summed E-state index contributed by atoms with van der Waals surface area (Å²) in [5, 5.41) is 0.712. The molecule has 1 fully saturated rings. The van der Waals surface area contributed by atoms with Gasteiger partial charge in [-0.05, 0) is 54.8 Å². The fourth-order valence-electron chi connectivity index (χ4n) is 3.81. The van der Waals surface area contributed by atoms with E-state index in [4.69, 9.17) is 22.1 Å². The lowest BCUT2D eigenvalue weighted by molar-refractivity contribution is 0.245. The zero-order valence-corrected chi connectivity index (χ0v) is 16.6. The van der Waals surface area contributed by atoms with Crippen molar-refractivity contribution in [2.45, 2.75) is 25.4 Å². The van der Waals surface area contributed by atoms with E-state index in [2.05, 4.69) is 27.0 Å². The molecule has 1 atom stereocenters. The molecular formula is C22H23ClN4O. The van der Waals surface area contributed by atoms with Crippen molar-refractivity contribution in [2.24, 2.45) is 0 Å². The van der Waals surface area contributed by atoms with Crippen LogP contribution in [0.1, 0.15) is 30.1 Å². The summed E-state index contributed by atoms with van der Waals surface area (Å²) in [5.41, 5.74) is 10.3. The van der Waals surface area contributed by atoms with Crippen molar-refractivity contribution < 1.29 is 4.74 Å². The average molecular weight is 395 g/mol. The number of ether oxygens (including phenoxy) is 1. The van der Waals surface area contributed by atoms with Crippen LogP contribution in [0.3, 0.4) is 0 Å². The standard InChI is InChI=1S/C22H23ClN4O/c1-28-18-10-4-15(5-11-18)14-27-12-2-3-20(27)21-19(13-25-22(24)26-21)16-6-8-17(23)9-7-16/h4-11,13,20H,2-3,12,14H2,1H3,(H2,24,25,26). The van der Waals surface area contributed by atoms with Gasteiger partial charge in [0.1, 0.15) is 5.75 Å². The fraction of sp³-hybridized carbons (Fsp3) is 0.273. The van der Waals surface area contributed by atoms with E-state index >= 15 is 0 Å². The van der Waals surface area contributed by atoms with Crippen molar-refractivity contribution in [3.8, 4) is 16.9 Å². The first kappa shape index (κ1) is 18.7. The molecule has 3 aromatic rings. The van der Waals surface area contributed by atoms with Crippen molar-refractivity contribution in [3.63, 3.8) is 0 Å². The number of aromatic nitrogens is 2. The maximum Gasteiger partial charge on any atom is 0.220 e. The quantitative estimate of drug-likeness (QED) is 0.678. The molecule has 2 aromatic carbocycles. The monoisotopic (exact) mass is 394 g/mol. The smallest absolute Gasteiger partial charge is 0.220 e. The van der Waals surface area contributed by atoms with E-state index in [1.807, 2.05) is 42.6 Å². The van der Waals surface area contributed by atoms with Crippen molar-refractivity contribution in [3.05, 3.63) is 71.0 Å². The van der Waals surface area contributed by atoms with Gasteiger partial charge in [-0.2, -0.15) is 0 Å². The third-order valence-corrected chi connectivity index (χ3v) is 5.47. The van der Waals surface area contributed by atoms with Gasteiger partial charge in [0.25, 0.3) is 0 Å². The summed E-state index contributed by atoms with van der Waals surface area (Å²) < 4.78 is 5.26. The molecule has 0 aliphatic carbocycles. The number of hydrogen-bond donors (Lipinski definition) is 1. The molecular weight excluding hydrogens is 372 g/mol. The van der Waals surface area contributed by atoms with E-state index in [1.165, 1.54) is 5.56 Å². The van der Waals surface area contributed by atoms with Crippen LogP contribution in [0.5, 0.6) is 5.75 Å². The normalized spacial score (nSPS) is 17.0. The van der Waals surface area contributed by atoms with Gasteiger partial charge in [-0.3, -0.25) is 4.90 Å². The highest BCUT2D eigenvalue weighted by atomic mass is 35.5. The van der Waals surface area contributed by atoms with Gasteiger partial charge >= 0.3 is 0 Å². The van der Waals surface area contributed by atoms with Crippen LogP contribution in [0.4, 0.5) is 5.95 Å². The summed E-state index contributed by atoms with van der Waals surface area (Å²) in [4.78, 5) is 11.3. The lowest BCUT2D eigenvalue weighted by atomic mass is 9.99. The predicted octanol–water partition coefficient (Wildman–Crippen LogP) is 4.72. The van der Waals surface area contributed by atoms with Gasteiger partial charge in [0, 0.05) is 23.3 Å². The first-order valence-corrected chi connectivity index (χ1v) is 9.77. The highest BCUT2D eigenvalue weighted by Crippen LogP contribution is 2.37. The Hall–Kier alpha value is -2.63. The van der Waals surface area contributed by atoms with Crippen LogP contribution in [-0.2, 0) is 6.54 Å². The third-order valence-electron chi connectivity index (χ3n) is 5.22.